The van der Waals surface area contributed by atoms with Gasteiger partial charge in [0.15, 0.2) is 0 Å². The molecule has 1 heterocycles. The summed E-state index contributed by atoms with van der Waals surface area (Å²) in [6, 6.07) is 0.441. The molecule has 1 saturated heterocycles. The minimum Gasteiger partial charge on any atom is -0.385 e. The average Bonchev–Trinajstić information content (AvgIpc) is 2.87. The lowest BCUT2D eigenvalue weighted by Crippen LogP contribution is -2.56. The number of nitrogens with one attached hydrogen (secondary N) is 1. The number of hydrazine groups is 1. The van der Waals surface area contributed by atoms with Crippen molar-refractivity contribution in [3.8, 4) is 0 Å². The van der Waals surface area contributed by atoms with Crippen LogP contribution in [-0.2, 0) is 9.47 Å². The second-order valence-electron chi connectivity index (χ2n) is 4.80. The first kappa shape index (κ1) is 13.6. The van der Waals surface area contributed by atoms with Gasteiger partial charge in [0, 0.05) is 26.8 Å². The standard InChI is InChI=1S/C12H24N4O2/c1-17-8-3-6-14-12(15-13)16-7-9-18-11-5-2-4-10(11)16/h10-11H,2-9,13H2,1H3,(H,14,15). The Kier molecular flexibility index (Phi) is 5.22. The molecule has 2 atom stereocenters. The first-order valence-electron chi connectivity index (χ1n) is 6.75. The van der Waals surface area contributed by atoms with Crippen LogP contribution in [-0.4, -0.2) is 56.4 Å². The average molecular weight is 256 g/mol. The van der Waals surface area contributed by atoms with Crippen LogP contribution >= 0.6 is 0 Å². The van der Waals surface area contributed by atoms with Crippen LogP contribution in [0, 0.1) is 0 Å². The van der Waals surface area contributed by atoms with E-state index >= 15 is 0 Å². The van der Waals surface area contributed by atoms with Crippen molar-refractivity contribution >= 4 is 5.96 Å². The minimum atomic E-state index is 0.358. The molecule has 0 spiro atoms. The van der Waals surface area contributed by atoms with E-state index in [2.05, 4.69) is 15.3 Å². The Hall–Kier alpha value is -0.850. The number of morpholine rings is 1. The third-order valence-corrected chi connectivity index (χ3v) is 3.65. The van der Waals surface area contributed by atoms with Crippen LogP contribution in [0.2, 0.25) is 0 Å². The fourth-order valence-corrected chi connectivity index (χ4v) is 2.80. The predicted molar refractivity (Wildman–Crippen MR) is 70.2 cm³/mol. The second kappa shape index (κ2) is 6.92. The Balaban J connectivity index is 1.93. The minimum absolute atomic E-state index is 0.358. The van der Waals surface area contributed by atoms with Crippen LogP contribution in [0.3, 0.4) is 0 Å². The van der Waals surface area contributed by atoms with Gasteiger partial charge in [-0.25, -0.2) is 5.84 Å². The van der Waals surface area contributed by atoms with Crippen molar-refractivity contribution < 1.29 is 9.47 Å². The van der Waals surface area contributed by atoms with Gasteiger partial charge >= 0.3 is 0 Å². The molecule has 1 saturated carbocycles. The highest BCUT2D eigenvalue weighted by molar-refractivity contribution is 5.80. The molecule has 0 aromatic carbocycles. The van der Waals surface area contributed by atoms with Crippen molar-refractivity contribution in [2.75, 3.05) is 33.4 Å². The number of nitrogens with two attached hydrogens (primary N) is 1. The number of fused-ring (bicyclic) bond motifs is 1. The molecule has 1 aliphatic carbocycles. The summed E-state index contributed by atoms with van der Waals surface area (Å²) in [4.78, 5) is 6.81. The number of guanidine groups is 1. The molecule has 0 radical (unpaired) electrons. The van der Waals surface area contributed by atoms with Crippen LogP contribution in [0.4, 0.5) is 0 Å². The number of aliphatic imine (C=N–C) groups is 1. The molecule has 3 N–H and O–H groups in total. The predicted octanol–water partition coefficient (Wildman–Crippen LogP) is 0.0955. The third kappa shape index (κ3) is 3.13. The molecular weight excluding hydrogens is 232 g/mol. The van der Waals surface area contributed by atoms with E-state index in [9.17, 15) is 0 Å². The maximum absolute atomic E-state index is 5.78. The summed E-state index contributed by atoms with van der Waals surface area (Å²) in [6.45, 7) is 3.10. The largest absolute Gasteiger partial charge is 0.385 e. The van der Waals surface area contributed by atoms with Gasteiger partial charge in [-0.1, -0.05) is 0 Å². The number of nitrogens with zero attached hydrogens (tertiary/aromatic N) is 2. The van der Waals surface area contributed by atoms with Gasteiger partial charge in [-0.3, -0.25) is 10.4 Å². The van der Waals surface area contributed by atoms with Gasteiger partial charge in [-0.05, 0) is 25.7 Å². The van der Waals surface area contributed by atoms with Crippen molar-refractivity contribution in [2.24, 2.45) is 10.8 Å². The molecule has 0 aromatic rings. The van der Waals surface area contributed by atoms with Gasteiger partial charge in [0.1, 0.15) is 0 Å². The Morgan fingerprint density at radius 2 is 2.44 bits per heavy atom. The summed E-state index contributed by atoms with van der Waals surface area (Å²) < 4.78 is 10.8. The van der Waals surface area contributed by atoms with E-state index in [0.29, 0.717) is 12.1 Å². The van der Waals surface area contributed by atoms with Crippen LogP contribution in [0.5, 0.6) is 0 Å². The van der Waals surface area contributed by atoms with Gasteiger partial charge in [0.25, 0.3) is 0 Å². The summed E-state index contributed by atoms with van der Waals surface area (Å²) >= 11 is 0. The highest BCUT2D eigenvalue weighted by atomic mass is 16.5. The fraction of sp³-hybridized carbons (Fsp3) is 0.917. The van der Waals surface area contributed by atoms with Crippen molar-refractivity contribution in [2.45, 2.75) is 37.8 Å². The molecule has 0 amide bonds. The smallest absolute Gasteiger partial charge is 0.208 e. The molecule has 104 valence electrons. The van der Waals surface area contributed by atoms with E-state index in [1.165, 1.54) is 12.8 Å². The van der Waals surface area contributed by atoms with Crippen LogP contribution < -0.4 is 11.3 Å². The lowest BCUT2D eigenvalue weighted by atomic mass is 10.1. The summed E-state index contributed by atoms with van der Waals surface area (Å²) in [6.07, 6.45) is 4.83. The molecule has 1 aliphatic heterocycles. The molecule has 2 aliphatic rings. The fourth-order valence-electron chi connectivity index (χ4n) is 2.80. The van der Waals surface area contributed by atoms with Gasteiger partial charge in [0.2, 0.25) is 5.96 Å². The van der Waals surface area contributed by atoms with E-state index in [4.69, 9.17) is 15.3 Å². The van der Waals surface area contributed by atoms with Crippen molar-refractivity contribution in [1.82, 2.24) is 10.3 Å². The number of hydrogen-bond donors (Lipinski definition) is 2. The Labute approximate surface area is 108 Å². The van der Waals surface area contributed by atoms with Gasteiger partial charge in [-0.2, -0.15) is 0 Å². The number of ether oxygens (including phenoxy) is 2. The monoisotopic (exact) mass is 256 g/mol. The number of hydrogen-bond acceptors (Lipinski definition) is 4. The lowest BCUT2D eigenvalue weighted by Gasteiger charge is -2.39. The van der Waals surface area contributed by atoms with Gasteiger partial charge in [0.05, 0.1) is 18.8 Å². The zero-order valence-corrected chi connectivity index (χ0v) is 11.1. The summed E-state index contributed by atoms with van der Waals surface area (Å²) in [7, 11) is 1.71. The van der Waals surface area contributed by atoms with Gasteiger partial charge < -0.3 is 14.4 Å². The van der Waals surface area contributed by atoms with Crippen LogP contribution in [0.1, 0.15) is 25.7 Å². The highest BCUT2D eigenvalue weighted by Gasteiger charge is 2.37. The van der Waals surface area contributed by atoms with E-state index in [1.807, 2.05) is 0 Å². The third-order valence-electron chi connectivity index (χ3n) is 3.65. The number of methoxy groups -OCH3 is 1. The Bertz CT molecular complexity index is 285. The quantitative estimate of drug-likeness (QED) is 0.245. The SMILES string of the molecule is COCCCN=C(NN)N1CCOC2CCCC21. The zero-order chi connectivity index (χ0) is 12.8. The molecular formula is C12H24N4O2. The topological polar surface area (TPSA) is 72.1 Å². The Morgan fingerprint density at radius 3 is 3.22 bits per heavy atom. The second-order valence-corrected chi connectivity index (χ2v) is 4.80. The number of rotatable bonds is 4. The summed E-state index contributed by atoms with van der Waals surface area (Å²) in [5, 5.41) is 0. The van der Waals surface area contributed by atoms with Gasteiger partial charge in [-0.15, -0.1) is 0 Å². The molecule has 6 heteroatoms. The maximum Gasteiger partial charge on any atom is 0.208 e. The van der Waals surface area contributed by atoms with Crippen LogP contribution in [0.15, 0.2) is 4.99 Å². The maximum atomic E-state index is 5.78. The molecule has 2 unspecified atom stereocenters. The van der Waals surface area contributed by atoms with E-state index in [0.717, 1.165) is 45.1 Å². The normalized spacial score (nSPS) is 28.3. The van der Waals surface area contributed by atoms with E-state index < -0.39 is 0 Å². The molecule has 6 nitrogen and oxygen atoms in total. The first-order valence-corrected chi connectivity index (χ1v) is 6.75. The highest BCUT2D eigenvalue weighted by Crippen LogP contribution is 2.29. The molecule has 0 aromatic heterocycles. The van der Waals surface area contributed by atoms with Crippen LogP contribution in [0.25, 0.3) is 0 Å². The van der Waals surface area contributed by atoms with E-state index in [-0.39, 0.29) is 0 Å². The summed E-state index contributed by atoms with van der Waals surface area (Å²) in [5.74, 6) is 6.40. The summed E-state index contributed by atoms with van der Waals surface area (Å²) in [5.41, 5.74) is 2.74. The first-order chi connectivity index (χ1) is 8.86. The molecule has 0 bridgehead atoms. The molecule has 2 rings (SSSR count). The van der Waals surface area contributed by atoms with Crippen molar-refractivity contribution in [3.05, 3.63) is 0 Å². The molecule has 18 heavy (non-hydrogen) atoms. The molecule has 2 fully saturated rings. The van der Waals surface area contributed by atoms with E-state index in [1.54, 1.807) is 7.11 Å². The lowest BCUT2D eigenvalue weighted by molar-refractivity contribution is -0.0306. The van der Waals surface area contributed by atoms with Crippen molar-refractivity contribution in [1.29, 1.82) is 0 Å². The zero-order valence-electron chi connectivity index (χ0n) is 11.1. The van der Waals surface area contributed by atoms with Crippen molar-refractivity contribution in [3.63, 3.8) is 0 Å². The Morgan fingerprint density at radius 1 is 1.56 bits per heavy atom.